The minimum atomic E-state index is -0.440. The molecule has 7 heteroatoms. The number of aryl methyl sites for hydroxylation is 1. The standard InChI is InChI=1S/C23H23N3O4/c1-5-12-26-22(28)20(16-7-9-17(10-8-16)24-15(3)27)21(23(26)29)25-18-13-14(2)6-11-19(18)30-4/h5-11,13,25H,1,12H2,2-4H3,(H,24,27). The number of benzene rings is 2. The van der Waals surface area contributed by atoms with Crippen molar-refractivity contribution in [2.24, 2.45) is 0 Å². The summed E-state index contributed by atoms with van der Waals surface area (Å²) in [5, 5.41) is 5.79. The molecule has 3 rings (SSSR count). The molecule has 3 amide bonds. The smallest absolute Gasteiger partial charge is 0.278 e. The summed E-state index contributed by atoms with van der Waals surface area (Å²) in [6.45, 7) is 7.07. The van der Waals surface area contributed by atoms with E-state index in [9.17, 15) is 14.4 Å². The van der Waals surface area contributed by atoms with E-state index in [1.165, 1.54) is 20.1 Å². The molecular formula is C23H23N3O4. The van der Waals surface area contributed by atoms with Crippen LogP contribution in [-0.2, 0) is 14.4 Å². The number of nitrogens with one attached hydrogen (secondary N) is 2. The summed E-state index contributed by atoms with van der Waals surface area (Å²) in [7, 11) is 1.54. The lowest BCUT2D eigenvalue weighted by Crippen LogP contribution is -2.32. The van der Waals surface area contributed by atoms with Crippen LogP contribution in [0, 0.1) is 6.92 Å². The van der Waals surface area contributed by atoms with Crippen molar-refractivity contribution in [2.75, 3.05) is 24.3 Å². The van der Waals surface area contributed by atoms with Gasteiger partial charge in [0, 0.05) is 19.2 Å². The second-order valence-electron chi connectivity index (χ2n) is 6.85. The first-order valence-electron chi connectivity index (χ1n) is 9.36. The Hall–Kier alpha value is -3.87. The third kappa shape index (κ3) is 4.10. The van der Waals surface area contributed by atoms with E-state index in [0.717, 1.165) is 10.5 Å². The summed E-state index contributed by atoms with van der Waals surface area (Å²) >= 11 is 0. The van der Waals surface area contributed by atoms with Crippen molar-refractivity contribution >= 4 is 34.7 Å². The average molecular weight is 405 g/mol. The Morgan fingerprint density at radius 1 is 1.13 bits per heavy atom. The summed E-state index contributed by atoms with van der Waals surface area (Å²) in [6.07, 6.45) is 1.50. The number of carbonyl (C=O) groups is 3. The van der Waals surface area contributed by atoms with Gasteiger partial charge in [0.25, 0.3) is 11.8 Å². The molecule has 2 N–H and O–H groups in total. The van der Waals surface area contributed by atoms with Crippen molar-refractivity contribution in [2.45, 2.75) is 13.8 Å². The van der Waals surface area contributed by atoms with Gasteiger partial charge in [0.15, 0.2) is 0 Å². The molecule has 0 saturated carbocycles. The maximum Gasteiger partial charge on any atom is 0.278 e. The zero-order chi connectivity index (χ0) is 21.8. The van der Waals surface area contributed by atoms with Gasteiger partial charge in [0.1, 0.15) is 11.4 Å². The van der Waals surface area contributed by atoms with E-state index in [4.69, 9.17) is 4.74 Å². The van der Waals surface area contributed by atoms with Crippen LogP contribution < -0.4 is 15.4 Å². The molecule has 0 fully saturated rings. The molecule has 1 aliphatic heterocycles. The minimum absolute atomic E-state index is 0.0985. The van der Waals surface area contributed by atoms with Gasteiger partial charge >= 0.3 is 0 Å². The van der Waals surface area contributed by atoms with E-state index in [-0.39, 0.29) is 23.7 Å². The molecule has 0 atom stereocenters. The SMILES string of the molecule is C=CCN1C(=O)C(Nc2cc(C)ccc2OC)=C(c2ccc(NC(C)=O)cc2)C1=O. The van der Waals surface area contributed by atoms with Gasteiger partial charge in [-0.25, -0.2) is 0 Å². The zero-order valence-electron chi connectivity index (χ0n) is 17.1. The number of amides is 3. The number of hydrogen-bond acceptors (Lipinski definition) is 5. The Labute approximate surface area is 175 Å². The van der Waals surface area contributed by atoms with E-state index in [1.54, 1.807) is 30.3 Å². The lowest BCUT2D eigenvalue weighted by molar-refractivity contribution is -0.136. The number of anilines is 2. The van der Waals surface area contributed by atoms with Gasteiger partial charge in [-0.05, 0) is 42.3 Å². The van der Waals surface area contributed by atoms with Crippen LogP contribution in [-0.4, -0.2) is 36.3 Å². The molecule has 0 spiro atoms. The fourth-order valence-electron chi connectivity index (χ4n) is 3.23. The fourth-order valence-corrected chi connectivity index (χ4v) is 3.23. The molecular weight excluding hydrogens is 382 g/mol. The Balaban J connectivity index is 2.08. The molecule has 0 bridgehead atoms. The number of rotatable bonds is 7. The summed E-state index contributed by atoms with van der Waals surface area (Å²) < 4.78 is 5.39. The Morgan fingerprint density at radius 3 is 2.43 bits per heavy atom. The molecule has 0 unspecified atom stereocenters. The summed E-state index contributed by atoms with van der Waals surface area (Å²) in [5.74, 6) is -0.498. The fraction of sp³-hybridized carbons (Fsp3) is 0.174. The second-order valence-corrected chi connectivity index (χ2v) is 6.85. The highest BCUT2D eigenvalue weighted by Gasteiger charge is 2.38. The highest BCUT2D eigenvalue weighted by atomic mass is 16.5. The zero-order valence-corrected chi connectivity index (χ0v) is 17.1. The van der Waals surface area contributed by atoms with Crippen LogP contribution >= 0.6 is 0 Å². The summed E-state index contributed by atoms with van der Waals surface area (Å²) in [6, 6.07) is 12.3. The molecule has 1 aliphatic rings. The predicted molar refractivity (Wildman–Crippen MR) is 116 cm³/mol. The number of methoxy groups -OCH3 is 1. The van der Waals surface area contributed by atoms with E-state index in [1.807, 2.05) is 19.1 Å². The van der Waals surface area contributed by atoms with Crippen LogP contribution in [0.2, 0.25) is 0 Å². The molecule has 30 heavy (non-hydrogen) atoms. The van der Waals surface area contributed by atoms with E-state index in [2.05, 4.69) is 17.2 Å². The third-order valence-corrected chi connectivity index (χ3v) is 4.59. The Kier molecular flexibility index (Phi) is 6.01. The van der Waals surface area contributed by atoms with Gasteiger partial charge in [-0.1, -0.05) is 24.3 Å². The normalized spacial score (nSPS) is 13.5. The molecule has 154 valence electrons. The van der Waals surface area contributed by atoms with Gasteiger partial charge in [-0.3, -0.25) is 19.3 Å². The quantitative estimate of drug-likeness (QED) is 0.545. The highest BCUT2D eigenvalue weighted by Crippen LogP contribution is 2.34. The minimum Gasteiger partial charge on any atom is -0.495 e. The van der Waals surface area contributed by atoms with Crippen LogP contribution in [0.25, 0.3) is 5.57 Å². The molecule has 0 aromatic heterocycles. The molecule has 0 radical (unpaired) electrons. The lowest BCUT2D eigenvalue weighted by atomic mass is 10.0. The van der Waals surface area contributed by atoms with Gasteiger partial charge in [-0.2, -0.15) is 0 Å². The Morgan fingerprint density at radius 2 is 1.83 bits per heavy atom. The maximum atomic E-state index is 13.0. The van der Waals surface area contributed by atoms with Crippen LogP contribution in [0.3, 0.4) is 0 Å². The van der Waals surface area contributed by atoms with Gasteiger partial charge in [0.2, 0.25) is 5.91 Å². The number of imide groups is 1. The van der Waals surface area contributed by atoms with Crippen molar-refractivity contribution in [3.63, 3.8) is 0 Å². The second kappa shape index (κ2) is 8.65. The average Bonchev–Trinajstić information content (AvgIpc) is 2.93. The first kappa shape index (κ1) is 20.9. The van der Waals surface area contributed by atoms with E-state index < -0.39 is 11.8 Å². The predicted octanol–water partition coefficient (Wildman–Crippen LogP) is 3.34. The molecule has 7 nitrogen and oxygen atoms in total. The van der Waals surface area contributed by atoms with Crippen LogP contribution in [0.1, 0.15) is 18.1 Å². The van der Waals surface area contributed by atoms with Crippen molar-refractivity contribution in [3.05, 3.63) is 71.9 Å². The lowest BCUT2D eigenvalue weighted by Gasteiger charge is -2.14. The van der Waals surface area contributed by atoms with Crippen molar-refractivity contribution < 1.29 is 19.1 Å². The number of ether oxygens (including phenoxy) is 1. The van der Waals surface area contributed by atoms with Gasteiger partial charge in [-0.15, -0.1) is 6.58 Å². The molecule has 0 aliphatic carbocycles. The molecule has 0 saturated heterocycles. The van der Waals surface area contributed by atoms with Crippen LogP contribution in [0.5, 0.6) is 5.75 Å². The van der Waals surface area contributed by atoms with Crippen LogP contribution in [0.15, 0.2) is 60.8 Å². The number of carbonyl (C=O) groups excluding carboxylic acids is 3. The van der Waals surface area contributed by atoms with E-state index >= 15 is 0 Å². The van der Waals surface area contributed by atoms with Crippen molar-refractivity contribution in [1.29, 1.82) is 0 Å². The summed E-state index contributed by atoms with van der Waals surface area (Å²) in [5.41, 5.74) is 3.13. The van der Waals surface area contributed by atoms with Gasteiger partial charge < -0.3 is 15.4 Å². The highest BCUT2D eigenvalue weighted by molar-refractivity contribution is 6.36. The van der Waals surface area contributed by atoms with Crippen molar-refractivity contribution in [1.82, 2.24) is 4.90 Å². The Bertz CT molecular complexity index is 1050. The van der Waals surface area contributed by atoms with E-state index in [0.29, 0.717) is 22.7 Å². The maximum absolute atomic E-state index is 13.0. The molecule has 1 heterocycles. The number of nitrogens with zero attached hydrogens (tertiary/aromatic N) is 1. The van der Waals surface area contributed by atoms with Crippen molar-refractivity contribution in [3.8, 4) is 5.75 Å². The third-order valence-electron chi connectivity index (χ3n) is 4.59. The van der Waals surface area contributed by atoms with Gasteiger partial charge in [0.05, 0.1) is 18.4 Å². The summed E-state index contributed by atoms with van der Waals surface area (Å²) in [4.78, 5) is 38.5. The first-order chi connectivity index (χ1) is 14.3. The topological polar surface area (TPSA) is 87.7 Å². The van der Waals surface area contributed by atoms with Crippen LogP contribution in [0.4, 0.5) is 11.4 Å². The molecule has 2 aromatic carbocycles. The number of hydrogen-bond donors (Lipinski definition) is 2. The molecule has 2 aromatic rings. The monoisotopic (exact) mass is 405 g/mol. The largest absolute Gasteiger partial charge is 0.495 e. The first-order valence-corrected chi connectivity index (χ1v) is 9.36.